The molecule has 3 amide bonds. The third-order valence-corrected chi connectivity index (χ3v) is 2.99. The molecule has 1 aliphatic rings. The molecule has 0 spiro atoms. The molecular formula is C9H14N2O4. The zero-order valence-corrected chi connectivity index (χ0v) is 8.74. The van der Waals surface area contributed by atoms with Gasteiger partial charge in [-0.25, -0.2) is 5.48 Å². The van der Waals surface area contributed by atoms with Crippen molar-refractivity contribution >= 4 is 17.7 Å². The second-order valence-corrected chi connectivity index (χ2v) is 3.77. The van der Waals surface area contributed by atoms with Crippen LogP contribution in [-0.2, 0) is 14.4 Å². The first-order valence-corrected chi connectivity index (χ1v) is 4.71. The van der Waals surface area contributed by atoms with Crippen LogP contribution in [0.25, 0.3) is 0 Å². The van der Waals surface area contributed by atoms with Crippen LogP contribution in [-0.4, -0.2) is 34.9 Å². The third-order valence-electron chi connectivity index (χ3n) is 2.99. The van der Waals surface area contributed by atoms with Gasteiger partial charge in [0.05, 0.1) is 5.41 Å². The van der Waals surface area contributed by atoms with E-state index in [-0.39, 0.29) is 12.8 Å². The molecule has 0 aromatic carbocycles. The monoisotopic (exact) mass is 214 g/mol. The summed E-state index contributed by atoms with van der Waals surface area (Å²) in [5.74, 6) is -1.45. The summed E-state index contributed by atoms with van der Waals surface area (Å²) in [5, 5.41) is 8.59. The summed E-state index contributed by atoms with van der Waals surface area (Å²) in [5.41, 5.74) is 0.433. The Kier molecular flexibility index (Phi) is 3.09. The first-order chi connectivity index (χ1) is 6.96. The molecule has 0 saturated carbocycles. The van der Waals surface area contributed by atoms with Crippen molar-refractivity contribution in [2.24, 2.45) is 5.41 Å². The van der Waals surface area contributed by atoms with Crippen molar-refractivity contribution in [1.82, 2.24) is 10.4 Å². The largest absolute Gasteiger partial charge is 0.289 e. The standard InChI is InChI=1S/C9H14N2O4/c1-3-9(8(14)10-15)4-6(12)11(2)7(13)5-9/h15H,3-5H2,1-2H3,(H,10,14). The quantitative estimate of drug-likeness (QED) is 0.374. The number of nitrogens with zero attached hydrogens (tertiary/aromatic N) is 1. The summed E-state index contributed by atoms with van der Waals surface area (Å²) in [4.78, 5) is 35.3. The van der Waals surface area contributed by atoms with E-state index in [0.717, 1.165) is 4.90 Å². The maximum atomic E-state index is 11.4. The highest BCUT2D eigenvalue weighted by atomic mass is 16.5. The molecule has 2 N–H and O–H groups in total. The number of rotatable bonds is 2. The maximum Gasteiger partial charge on any atom is 0.250 e. The Morgan fingerprint density at radius 1 is 1.47 bits per heavy atom. The third kappa shape index (κ3) is 1.85. The van der Waals surface area contributed by atoms with Crippen LogP contribution in [0.4, 0.5) is 0 Å². The molecule has 1 fully saturated rings. The van der Waals surface area contributed by atoms with Gasteiger partial charge in [-0.05, 0) is 6.42 Å². The Bertz CT molecular complexity index is 295. The van der Waals surface area contributed by atoms with Crippen molar-refractivity contribution in [2.75, 3.05) is 7.05 Å². The van der Waals surface area contributed by atoms with Crippen molar-refractivity contribution < 1.29 is 19.6 Å². The molecule has 0 radical (unpaired) electrons. The maximum absolute atomic E-state index is 11.4. The molecule has 15 heavy (non-hydrogen) atoms. The minimum atomic E-state index is -1.09. The number of hydroxylamine groups is 1. The Morgan fingerprint density at radius 3 is 2.27 bits per heavy atom. The van der Waals surface area contributed by atoms with Crippen LogP contribution in [0.3, 0.4) is 0 Å². The second-order valence-electron chi connectivity index (χ2n) is 3.77. The molecule has 1 aliphatic heterocycles. The van der Waals surface area contributed by atoms with Gasteiger partial charge < -0.3 is 0 Å². The van der Waals surface area contributed by atoms with Crippen LogP contribution in [0.5, 0.6) is 0 Å². The van der Waals surface area contributed by atoms with Crippen molar-refractivity contribution in [3.8, 4) is 0 Å². The summed E-state index contributed by atoms with van der Waals surface area (Å²) in [7, 11) is 1.39. The first-order valence-electron chi connectivity index (χ1n) is 4.71. The summed E-state index contributed by atoms with van der Waals surface area (Å²) >= 11 is 0. The fourth-order valence-corrected chi connectivity index (χ4v) is 1.71. The zero-order chi connectivity index (χ0) is 11.6. The van der Waals surface area contributed by atoms with E-state index >= 15 is 0 Å². The van der Waals surface area contributed by atoms with E-state index < -0.39 is 23.1 Å². The molecule has 1 heterocycles. The van der Waals surface area contributed by atoms with Crippen LogP contribution < -0.4 is 5.48 Å². The summed E-state index contributed by atoms with van der Waals surface area (Å²) in [6.07, 6.45) is 0.251. The summed E-state index contributed by atoms with van der Waals surface area (Å²) in [6, 6.07) is 0. The van der Waals surface area contributed by atoms with E-state index in [2.05, 4.69) is 0 Å². The van der Waals surface area contributed by atoms with Crippen LogP contribution in [0.1, 0.15) is 26.2 Å². The van der Waals surface area contributed by atoms with Gasteiger partial charge in [0, 0.05) is 19.9 Å². The fourth-order valence-electron chi connectivity index (χ4n) is 1.71. The van der Waals surface area contributed by atoms with E-state index in [1.807, 2.05) is 0 Å². The molecule has 1 rings (SSSR count). The molecule has 0 bridgehead atoms. The zero-order valence-electron chi connectivity index (χ0n) is 8.74. The average molecular weight is 214 g/mol. The number of carbonyl (C=O) groups is 3. The number of piperidine rings is 1. The average Bonchev–Trinajstić information content (AvgIpc) is 2.24. The molecule has 0 atom stereocenters. The lowest BCUT2D eigenvalue weighted by molar-refractivity contribution is -0.160. The molecule has 6 heteroatoms. The number of imide groups is 1. The van der Waals surface area contributed by atoms with E-state index in [1.165, 1.54) is 12.5 Å². The predicted molar refractivity (Wildman–Crippen MR) is 49.7 cm³/mol. The van der Waals surface area contributed by atoms with Crippen molar-refractivity contribution in [3.63, 3.8) is 0 Å². The molecule has 0 aromatic heterocycles. The van der Waals surface area contributed by atoms with Gasteiger partial charge in [0.25, 0.3) is 5.91 Å². The molecule has 0 aromatic rings. The first kappa shape index (κ1) is 11.6. The van der Waals surface area contributed by atoms with Gasteiger partial charge in [0.15, 0.2) is 0 Å². The van der Waals surface area contributed by atoms with Gasteiger partial charge in [-0.2, -0.15) is 0 Å². The fraction of sp³-hybridized carbons (Fsp3) is 0.667. The van der Waals surface area contributed by atoms with Crippen molar-refractivity contribution in [3.05, 3.63) is 0 Å². The molecule has 1 saturated heterocycles. The van der Waals surface area contributed by atoms with E-state index in [1.54, 1.807) is 6.92 Å². The Hall–Kier alpha value is -1.43. The highest BCUT2D eigenvalue weighted by Gasteiger charge is 2.46. The highest BCUT2D eigenvalue weighted by molar-refractivity contribution is 6.03. The highest BCUT2D eigenvalue weighted by Crippen LogP contribution is 2.35. The van der Waals surface area contributed by atoms with Crippen molar-refractivity contribution in [2.45, 2.75) is 26.2 Å². The SMILES string of the molecule is CCC1(C(=O)NO)CC(=O)N(C)C(=O)C1. The normalized spacial score (nSPS) is 20.3. The Morgan fingerprint density at radius 2 is 1.93 bits per heavy atom. The molecule has 0 unspecified atom stereocenters. The Labute approximate surface area is 87.2 Å². The molecular weight excluding hydrogens is 200 g/mol. The van der Waals surface area contributed by atoms with E-state index in [0.29, 0.717) is 6.42 Å². The molecule has 6 nitrogen and oxygen atoms in total. The lowest BCUT2D eigenvalue weighted by Gasteiger charge is -2.35. The minimum absolute atomic E-state index is 0.0435. The number of likely N-dealkylation sites (tertiary alicyclic amines) is 1. The van der Waals surface area contributed by atoms with Gasteiger partial charge in [0.1, 0.15) is 0 Å². The number of hydrogen-bond acceptors (Lipinski definition) is 4. The summed E-state index contributed by atoms with van der Waals surface area (Å²) in [6.45, 7) is 1.71. The van der Waals surface area contributed by atoms with Crippen molar-refractivity contribution in [1.29, 1.82) is 0 Å². The van der Waals surface area contributed by atoms with Gasteiger partial charge in [-0.3, -0.25) is 24.5 Å². The van der Waals surface area contributed by atoms with Crippen LogP contribution >= 0.6 is 0 Å². The number of carbonyl (C=O) groups excluding carboxylic acids is 3. The molecule has 84 valence electrons. The Balaban J connectivity index is 2.98. The lowest BCUT2D eigenvalue weighted by Crippen LogP contribution is -2.51. The van der Waals surface area contributed by atoms with E-state index in [9.17, 15) is 14.4 Å². The van der Waals surface area contributed by atoms with Crippen LogP contribution in [0.15, 0.2) is 0 Å². The minimum Gasteiger partial charge on any atom is -0.289 e. The van der Waals surface area contributed by atoms with Gasteiger partial charge in [-0.15, -0.1) is 0 Å². The number of hydrogen-bond donors (Lipinski definition) is 2. The lowest BCUT2D eigenvalue weighted by atomic mass is 9.75. The summed E-state index contributed by atoms with van der Waals surface area (Å²) < 4.78 is 0. The van der Waals surface area contributed by atoms with Crippen LogP contribution in [0, 0.1) is 5.41 Å². The van der Waals surface area contributed by atoms with Gasteiger partial charge in [-0.1, -0.05) is 6.92 Å². The number of amides is 3. The van der Waals surface area contributed by atoms with Gasteiger partial charge >= 0.3 is 0 Å². The predicted octanol–water partition coefficient (Wildman–Crippen LogP) is -0.333. The van der Waals surface area contributed by atoms with E-state index in [4.69, 9.17) is 5.21 Å². The molecule has 0 aliphatic carbocycles. The smallest absolute Gasteiger partial charge is 0.250 e. The number of nitrogens with one attached hydrogen (secondary N) is 1. The topological polar surface area (TPSA) is 86.7 Å². The van der Waals surface area contributed by atoms with Gasteiger partial charge in [0.2, 0.25) is 11.8 Å². The second kappa shape index (κ2) is 3.98. The van der Waals surface area contributed by atoms with Crippen LogP contribution in [0.2, 0.25) is 0 Å².